The van der Waals surface area contributed by atoms with E-state index in [0.717, 1.165) is 28.2 Å². The number of aryl methyl sites for hydroxylation is 1. The van der Waals surface area contributed by atoms with Crippen molar-refractivity contribution in [3.05, 3.63) is 22.4 Å². The van der Waals surface area contributed by atoms with Crippen molar-refractivity contribution in [2.45, 2.75) is 20.1 Å². The van der Waals surface area contributed by atoms with Gasteiger partial charge in [0.2, 0.25) is 0 Å². The summed E-state index contributed by atoms with van der Waals surface area (Å²) < 4.78 is 7.85. The summed E-state index contributed by atoms with van der Waals surface area (Å²) in [4.78, 5) is 9.04. The van der Waals surface area contributed by atoms with Crippen molar-refractivity contribution in [1.29, 1.82) is 0 Å². The second-order valence-electron chi connectivity index (χ2n) is 3.87. The molecule has 2 heterocycles. The third-order valence-corrected chi connectivity index (χ3v) is 3.52. The van der Waals surface area contributed by atoms with Gasteiger partial charge in [-0.2, -0.15) is 5.10 Å². The molecule has 0 aliphatic rings. The van der Waals surface area contributed by atoms with Crippen LogP contribution >= 0.6 is 15.9 Å². The van der Waals surface area contributed by atoms with Crippen LogP contribution in [0.1, 0.15) is 12.6 Å². The first-order valence-electron chi connectivity index (χ1n) is 5.96. The first-order chi connectivity index (χ1) is 9.21. The Morgan fingerprint density at radius 2 is 2.21 bits per heavy atom. The normalized spacial score (nSPS) is 10.7. The third-order valence-electron chi connectivity index (χ3n) is 2.68. The lowest BCUT2D eigenvalue weighted by Crippen LogP contribution is -2.07. The molecule has 0 bridgehead atoms. The molecule has 0 saturated heterocycles. The molecule has 2 rings (SSSR count). The average Bonchev–Trinajstić information content (AvgIpc) is 2.89. The number of methoxy groups -OCH3 is 1. The predicted molar refractivity (Wildman–Crippen MR) is 76.9 cm³/mol. The molecule has 102 valence electrons. The van der Waals surface area contributed by atoms with Crippen LogP contribution in [0.3, 0.4) is 0 Å². The fraction of sp³-hybridized carbons (Fsp3) is 0.417. The van der Waals surface area contributed by atoms with Gasteiger partial charge in [-0.1, -0.05) is 0 Å². The van der Waals surface area contributed by atoms with E-state index in [0.29, 0.717) is 12.4 Å². The highest BCUT2D eigenvalue weighted by Gasteiger charge is 2.14. The summed E-state index contributed by atoms with van der Waals surface area (Å²) in [5, 5.41) is 7.29. The smallest absolute Gasteiger partial charge is 0.180 e. The van der Waals surface area contributed by atoms with E-state index in [1.807, 2.05) is 24.7 Å². The summed E-state index contributed by atoms with van der Waals surface area (Å²) in [6, 6.07) is 1.91. The zero-order valence-corrected chi connectivity index (χ0v) is 12.7. The largest absolute Gasteiger partial charge is 0.378 e. The maximum Gasteiger partial charge on any atom is 0.180 e. The van der Waals surface area contributed by atoms with Crippen LogP contribution in [0.5, 0.6) is 0 Å². The number of nitrogens with zero attached hydrogens (tertiary/aromatic N) is 4. The van der Waals surface area contributed by atoms with E-state index >= 15 is 0 Å². The minimum atomic E-state index is 0.422. The summed E-state index contributed by atoms with van der Waals surface area (Å²) in [7, 11) is 3.47. The van der Waals surface area contributed by atoms with Gasteiger partial charge in [0.05, 0.1) is 16.8 Å². The topological polar surface area (TPSA) is 64.9 Å². The van der Waals surface area contributed by atoms with E-state index in [2.05, 4.69) is 36.3 Å². The molecular weight excluding hydrogens is 310 g/mol. The van der Waals surface area contributed by atoms with Crippen LogP contribution in [0.2, 0.25) is 0 Å². The lowest BCUT2D eigenvalue weighted by atomic mass is 10.3. The van der Waals surface area contributed by atoms with Crippen LogP contribution in [0.4, 0.5) is 5.82 Å². The zero-order valence-electron chi connectivity index (χ0n) is 11.1. The summed E-state index contributed by atoms with van der Waals surface area (Å²) in [5.41, 5.74) is 1.70. The van der Waals surface area contributed by atoms with Crippen LogP contribution in [0.15, 0.2) is 16.7 Å². The van der Waals surface area contributed by atoms with E-state index in [1.165, 1.54) is 0 Å². The fourth-order valence-corrected chi connectivity index (χ4v) is 2.27. The van der Waals surface area contributed by atoms with Gasteiger partial charge in [0.1, 0.15) is 11.5 Å². The Balaban J connectivity index is 2.54. The molecule has 2 aromatic rings. The summed E-state index contributed by atoms with van der Waals surface area (Å²) >= 11 is 3.49. The maximum atomic E-state index is 5.17. The van der Waals surface area contributed by atoms with Crippen LogP contribution in [0.25, 0.3) is 11.5 Å². The van der Waals surface area contributed by atoms with Crippen LogP contribution in [0, 0.1) is 0 Å². The van der Waals surface area contributed by atoms with Crippen molar-refractivity contribution in [2.24, 2.45) is 0 Å². The molecule has 1 N–H and O–H groups in total. The SMILES string of the molecule is CCn1nccc1-c1nc(COC)c(Br)c(NC)n1. The van der Waals surface area contributed by atoms with Gasteiger partial charge in [-0.25, -0.2) is 9.97 Å². The molecule has 0 atom stereocenters. The molecule has 0 aliphatic carbocycles. The number of rotatable bonds is 5. The van der Waals surface area contributed by atoms with Crippen LogP contribution in [-0.4, -0.2) is 33.9 Å². The van der Waals surface area contributed by atoms with E-state index in [1.54, 1.807) is 13.3 Å². The molecule has 6 nitrogen and oxygen atoms in total. The number of anilines is 1. The van der Waals surface area contributed by atoms with Gasteiger partial charge in [-0.05, 0) is 28.9 Å². The minimum absolute atomic E-state index is 0.422. The number of nitrogens with one attached hydrogen (secondary N) is 1. The van der Waals surface area contributed by atoms with Crippen molar-refractivity contribution >= 4 is 21.7 Å². The van der Waals surface area contributed by atoms with Crippen LogP contribution in [-0.2, 0) is 17.9 Å². The average molecular weight is 326 g/mol. The van der Waals surface area contributed by atoms with Gasteiger partial charge in [-0.3, -0.25) is 4.68 Å². The Hall–Kier alpha value is -1.47. The van der Waals surface area contributed by atoms with Crippen molar-refractivity contribution in [2.75, 3.05) is 19.5 Å². The molecule has 0 radical (unpaired) electrons. The zero-order chi connectivity index (χ0) is 13.8. The molecule has 0 unspecified atom stereocenters. The highest BCUT2D eigenvalue weighted by atomic mass is 79.9. The first-order valence-corrected chi connectivity index (χ1v) is 6.75. The highest BCUT2D eigenvalue weighted by Crippen LogP contribution is 2.27. The summed E-state index contributed by atoms with van der Waals surface area (Å²) in [6.45, 7) is 3.23. The Kier molecular flexibility index (Phi) is 4.49. The Bertz CT molecular complexity index is 569. The number of halogens is 1. The van der Waals surface area contributed by atoms with Gasteiger partial charge in [0.25, 0.3) is 0 Å². The quantitative estimate of drug-likeness (QED) is 0.913. The Labute approximate surface area is 120 Å². The first kappa shape index (κ1) is 14.0. The van der Waals surface area contributed by atoms with Crippen molar-refractivity contribution in [3.63, 3.8) is 0 Å². The number of aromatic nitrogens is 4. The Morgan fingerprint density at radius 1 is 1.42 bits per heavy atom. The lowest BCUT2D eigenvalue weighted by Gasteiger charge is -2.11. The van der Waals surface area contributed by atoms with E-state index < -0.39 is 0 Å². The minimum Gasteiger partial charge on any atom is -0.378 e. The van der Waals surface area contributed by atoms with Crippen molar-refractivity contribution in [3.8, 4) is 11.5 Å². The molecule has 0 amide bonds. The number of hydrogen-bond acceptors (Lipinski definition) is 5. The maximum absolute atomic E-state index is 5.17. The van der Waals surface area contributed by atoms with Gasteiger partial charge < -0.3 is 10.1 Å². The fourth-order valence-electron chi connectivity index (χ4n) is 1.78. The van der Waals surface area contributed by atoms with E-state index in [4.69, 9.17) is 4.74 Å². The molecule has 0 fully saturated rings. The molecule has 2 aromatic heterocycles. The van der Waals surface area contributed by atoms with Gasteiger partial charge >= 0.3 is 0 Å². The molecule has 19 heavy (non-hydrogen) atoms. The van der Waals surface area contributed by atoms with Crippen LogP contribution < -0.4 is 5.32 Å². The second kappa shape index (κ2) is 6.12. The monoisotopic (exact) mass is 325 g/mol. The summed E-state index contributed by atoms with van der Waals surface area (Å²) in [6.07, 6.45) is 1.75. The molecule has 0 aromatic carbocycles. The van der Waals surface area contributed by atoms with E-state index in [9.17, 15) is 0 Å². The predicted octanol–water partition coefficient (Wildman–Crippen LogP) is 2.31. The van der Waals surface area contributed by atoms with Gasteiger partial charge in [0, 0.05) is 26.9 Å². The van der Waals surface area contributed by atoms with Crippen molar-refractivity contribution < 1.29 is 4.74 Å². The van der Waals surface area contributed by atoms with E-state index in [-0.39, 0.29) is 0 Å². The molecule has 0 saturated carbocycles. The number of hydrogen-bond donors (Lipinski definition) is 1. The second-order valence-corrected chi connectivity index (χ2v) is 4.66. The molecule has 0 spiro atoms. The molecular formula is C12H16BrN5O. The summed E-state index contributed by atoms with van der Waals surface area (Å²) in [5.74, 6) is 1.37. The lowest BCUT2D eigenvalue weighted by molar-refractivity contribution is 0.181. The molecule has 7 heteroatoms. The van der Waals surface area contributed by atoms with Gasteiger partial charge in [0.15, 0.2) is 5.82 Å². The Morgan fingerprint density at radius 3 is 2.84 bits per heavy atom. The number of ether oxygens (including phenoxy) is 1. The standard InChI is InChI=1S/C12H16BrN5O/c1-4-18-9(5-6-15-18)11-16-8(7-19-3)10(13)12(14-2)17-11/h5-6H,4,7H2,1-3H3,(H,14,16,17). The van der Waals surface area contributed by atoms with Crippen molar-refractivity contribution in [1.82, 2.24) is 19.7 Å². The van der Waals surface area contributed by atoms with Gasteiger partial charge in [-0.15, -0.1) is 0 Å². The third kappa shape index (κ3) is 2.76. The molecule has 0 aliphatic heterocycles. The highest BCUT2D eigenvalue weighted by molar-refractivity contribution is 9.10.